The van der Waals surface area contributed by atoms with Crippen LogP contribution in [0.1, 0.15) is 0 Å². The van der Waals surface area contributed by atoms with Crippen molar-refractivity contribution >= 4 is 11.4 Å². The van der Waals surface area contributed by atoms with E-state index in [2.05, 4.69) is 51.4 Å². The van der Waals surface area contributed by atoms with E-state index >= 15 is 0 Å². The van der Waals surface area contributed by atoms with Crippen molar-refractivity contribution in [2.45, 2.75) is 0 Å². The summed E-state index contributed by atoms with van der Waals surface area (Å²) in [5.41, 5.74) is 2.54. The predicted octanol–water partition coefficient (Wildman–Crippen LogP) is 3.29. The molecule has 14 heavy (non-hydrogen) atoms. The van der Waals surface area contributed by atoms with E-state index < -0.39 is 0 Å². The molecule has 0 amide bonds. The second-order valence-corrected chi connectivity index (χ2v) is 4.61. The molecule has 0 aliphatic rings. The summed E-state index contributed by atoms with van der Waals surface area (Å²) in [5, 5.41) is 0. The van der Waals surface area contributed by atoms with Crippen LogP contribution < -0.4 is 2.89 Å². The molecule has 0 saturated heterocycles. The Morgan fingerprint density at radius 2 is 1.00 bits per heavy atom. The van der Waals surface area contributed by atoms with Gasteiger partial charge in [-0.3, -0.25) is 0 Å². The summed E-state index contributed by atoms with van der Waals surface area (Å²) in [6.45, 7) is 0. The molecule has 2 rings (SSSR count). The van der Waals surface area contributed by atoms with Gasteiger partial charge in [-0.15, -0.1) is 0 Å². The normalized spacial score (nSPS) is 9.64. The number of rotatable bonds is 2. The molecule has 2 heteroatoms. The third-order valence-corrected chi connectivity index (χ3v) is 3.88. The van der Waals surface area contributed by atoms with E-state index in [0.29, 0.717) is 0 Å². The fourth-order valence-electron chi connectivity index (χ4n) is 1.30. The summed E-state index contributed by atoms with van der Waals surface area (Å²) in [4.78, 5) is 0. The second kappa shape index (κ2) is 4.56. The van der Waals surface area contributed by atoms with Crippen LogP contribution in [0.15, 0.2) is 60.7 Å². The van der Waals surface area contributed by atoms with E-state index in [1.165, 1.54) is 11.4 Å². The minimum absolute atomic E-state index is 0.998. The Kier molecular flexibility index (Phi) is 3.14. The summed E-state index contributed by atoms with van der Waals surface area (Å²) in [6, 6.07) is 20.9. The van der Waals surface area contributed by atoms with Gasteiger partial charge in [-0.05, 0) is 0 Å². The van der Waals surface area contributed by atoms with Gasteiger partial charge in [0.25, 0.3) is 0 Å². The van der Waals surface area contributed by atoms with E-state index in [1.54, 1.807) is 0 Å². The molecule has 0 N–H and O–H groups in total. The van der Waals surface area contributed by atoms with Gasteiger partial charge in [0.05, 0.1) is 0 Å². The summed E-state index contributed by atoms with van der Waals surface area (Å²) in [6.07, 6.45) is 0. The van der Waals surface area contributed by atoms with Gasteiger partial charge in [0.2, 0.25) is 0 Å². The van der Waals surface area contributed by atoms with Gasteiger partial charge >= 0.3 is 99.6 Å². The molecule has 0 aromatic heterocycles. The van der Waals surface area contributed by atoms with Crippen LogP contribution in [0.2, 0.25) is 0 Å². The second-order valence-electron chi connectivity index (χ2n) is 3.01. The average Bonchev–Trinajstić information content (AvgIpc) is 2.30. The molecule has 0 aliphatic carbocycles. The molecule has 0 spiro atoms. The molecule has 2 aromatic rings. The number of para-hydroxylation sites is 2. The van der Waals surface area contributed by atoms with E-state index in [-0.39, 0.29) is 0 Å². The van der Waals surface area contributed by atoms with Crippen LogP contribution in [0.5, 0.6) is 0 Å². The third kappa shape index (κ3) is 2.13. The standard InChI is InChI=1S/C12H10N.Hf/c1-3-7-11(8-4-1)13-12-9-5-2-6-10-12;/h1-10H;/q-1;+1. The Labute approximate surface area is 99.3 Å². The minimum atomic E-state index is 0.998. The molecule has 0 radical (unpaired) electrons. The van der Waals surface area contributed by atoms with Crippen LogP contribution in [-0.2, 0) is 24.7 Å². The molecule has 0 atom stereocenters. The Bertz CT molecular complexity index is 346. The van der Waals surface area contributed by atoms with Gasteiger partial charge in [0.15, 0.2) is 0 Å². The maximum atomic E-state index is 2.31. The Morgan fingerprint density at radius 1 is 0.643 bits per heavy atom. The first-order valence-electron chi connectivity index (χ1n) is 4.49. The van der Waals surface area contributed by atoms with Crippen molar-refractivity contribution in [3.8, 4) is 0 Å². The summed E-state index contributed by atoms with van der Waals surface area (Å²) < 4.78 is 2.31. The van der Waals surface area contributed by atoms with Crippen LogP contribution in [0.3, 0.4) is 0 Å². The van der Waals surface area contributed by atoms with Crippen molar-refractivity contribution in [1.29, 1.82) is 0 Å². The van der Waals surface area contributed by atoms with Crippen LogP contribution in [0.4, 0.5) is 11.4 Å². The van der Waals surface area contributed by atoms with Crippen LogP contribution in [0.25, 0.3) is 0 Å². The quantitative estimate of drug-likeness (QED) is 0.754. The zero-order valence-electron chi connectivity index (χ0n) is 7.72. The number of anilines is 2. The first-order chi connectivity index (χ1) is 6.88. The van der Waals surface area contributed by atoms with E-state index in [4.69, 9.17) is 0 Å². The molecule has 2 aromatic carbocycles. The van der Waals surface area contributed by atoms with E-state index in [1.807, 2.05) is 12.1 Å². The molecule has 0 saturated carbocycles. The molecule has 0 unspecified atom stereocenters. The maximum absolute atomic E-state index is 2.31. The van der Waals surface area contributed by atoms with E-state index in [0.717, 1.165) is 24.7 Å². The zero-order valence-corrected chi connectivity index (χ0v) is 11.3. The number of nitrogens with zero attached hydrogens (tertiary/aromatic N) is 1. The summed E-state index contributed by atoms with van der Waals surface area (Å²) >= 11 is 0.998. The molecule has 67 valence electrons. The fraction of sp³-hybridized carbons (Fsp3) is 0. The van der Waals surface area contributed by atoms with Gasteiger partial charge in [-0.1, -0.05) is 0 Å². The third-order valence-electron chi connectivity index (χ3n) is 2.03. The van der Waals surface area contributed by atoms with Gasteiger partial charge in [-0.25, -0.2) is 0 Å². The van der Waals surface area contributed by atoms with Crippen LogP contribution >= 0.6 is 0 Å². The molecular formula is C12H10HfN. The predicted molar refractivity (Wildman–Crippen MR) is 55.0 cm³/mol. The van der Waals surface area contributed by atoms with Gasteiger partial charge < -0.3 is 0 Å². The summed E-state index contributed by atoms with van der Waals surface area (Å²) in [7, 11) is 0. The topological polar surface area (TPSA) is 3.24 Å². The fourth-order valence-corrected chi connectivity index (χ4v) is 2.37. The van der Waals surface area contributed by atoms with Crippen LogP contribution in [-0.4, -0.2) is 0 Å². The molecule has 0 fully saturated rings. The number of hydrogen-bond donors (Lipinski definition) is 0. The van der Waals surface area contributed by atoms with Crippen molar-refractivity contribution in [3.05, 3.63) is 60.7 Å². The van der Waals surface area contributed by atoms with Crippen molar-refractivity contribution < 1.29 is 24.7 Å². The molecular weight excluding hydrogens is 337 g/mol. The Hall–Kier alpha value is -0.890. The van der Waals surface area contributed by atoms with Gasteiger partial charge in [-0.2, -0.15) is 0 Å². The van der Waals surface area contributed by atoms with Gasteiger partial charge in [0.1, 0.15) is 0 Å². The molecule has 1 nitrogen and oxygen atoms in total. The molecule has 0 bridgehead atoms. The van der Waals surface area contributed by atoms with Crippen molar-refractivity contribution in [1.82, 2.24) is 0 Å². The van der Waals surface area contributed by atoms with Gasteiger partial charge in [0, 0.05) is 0 Å². The van der Waals surface area contributed by atoms with Crippen LogP contribution in [0, 0.1) is 0 Å². The van der Waals surface area contributed by atoms with Crippen molar-refractivity contribution in [2.75, 3.05) is 2.89 Å². The first-order valence-corrected chi connectivity index (χ1v) is 6.10. The zero-order chi connectivity index (χ0) is 9.80. The SMILES string of the molecule is [Hf][N](c1ccccc1)c1ccccc1. The van der Waals surface area contributed by atoms with Crippen molar-refractivity contribution in [3.63, 3.8) is 0 Å². The monoisotopic (exact) mass is 348 g/mol. The molecule has 0 aliphatic heterocycles. The number of hydrogen-bond acceptors (Lipinski definition) is 1. The average molecular weight is 347 g/mol. The first kappa shape index (κ1) is 9.66. The van der Waals surface area contributed by atoms with Crippen molar-refractivity contribution in [2.24, 2.45) is 0 Å². The number of benzene rings is 2. The summed E-state index contributed by atoms with van der Waals surface area (Å²) in [5.74, 6) is 0. The Morgan fingerprint density at radius 3 is 1.36 bits per heavy atom. The Balaban J connectivity index is 2.30. The van der Waals surface area contributed by atoms with E-state index in [9.17, 15) is 0 Å². The molecule has 0 heterocycles.